The van der Waals surface area contributed by atoms with Gasteiger partial charge in [-0.05, 0) is 83.1 Å². The van der Waals surface area contributed by atoms with E-state index in [1.807, 2.05) is 30.3 Å². The number of thioether (sulfide) groups is 1. The van der Waals surface area contributed by atoms with Crippen LogP contribution in [0.4, 0.5) is 8.78 Å². The zero-order chi connectivity index (χ0) is 24.9. The molecule has 1 saturated heterocycles. The SMILES string of the molecule is Oc1ccc2c(c1)SCC(c1ccc(OCF)cc1)=C2c1ccc(O[C@H]2CCN(CCCF)C2)cc1. The minimum Gasteiger partial charge on any atom is -0.508 e. The first-order chi connectivity index (χ1) is 17.6. The Morgan fingerprint density at radius 3 is 2.44 bits per heavy atom. The van der Waals surface area contributed by atoms with Gasteiger partial charge in [0.1, 0.15) is 23.4 Å². The highest BCUT2D eigenvalue weighted by molar-refractivity contribution is 7.99. The van der Waals surface area contributed by atoms with E-state index in [4.69, 9.17) is 9.47 Å². The number of phenolic OH excluding ortho intramolecular Hbond substituents is 1. The van der Waals surface area contributed by atoms with Crippen LogP contribution in [0, 0.1) is 0 Å². The first-order valence-electron chi connectivity index (χ1n) is 12.2. The normalized spacial score (nSPS) is 17.8. The van der Waals surface area contributed by atoms with Crippen LogP contribution >= 0.6 is 11.8 Å². The Morgan fingerprint density at radius 2 is 1.69 bits per heavy atom. The van der Waals surface area contributed by atoms with Gasteiger partial charge in [-0.1, -0.05) is 24.3 Å². The summed E-state index contributed by atoms with van der Waals surface area (Å²) in [7, 11) is 0. The lowest BCUT2D eigenvalue weighted by Gasteiger charge is -2.24. The van der Waals surface area contributed by atoms with Gasteiger partial charge in [0, 0.05) is 30.3 Å². The zero-order valence-electron chi connectivity index (χ0n) is 20.0. The summed E-state index contributed by atoms with van der Waals surface area (Å²) in [6.45, 7) is 1.41. The molecule has 188 valence electrons. The van der Waals surface area contributed by atoms with Crippen molar-refractivity contribution in [3.8, 4) is 17.2 Å². The third kappa shape index (κ3) is 5.52. The smallest absolute Gasteiger partial charge is 0.228 e. The Bertz CT molecular complexity index is 1210. The van der Waals surface area contributed by atoms with Crippen LogP contribution in [-0.2, 0) is 0 Å². The summed E-state index contributed by atoms with van der Waals surface area (Å²) in [5.74, 6) is 2.30. The lowest BCUT2D eigenvalue weighted by Crippen LogP contribution is -2.26. The number of phenols is 1. The molecule has 0 radical (unpaired) electrons. The first-order valence-corrected chi connectivity index (χ1v) is 13.2. The molecule has 4 nitrogen and oxygen atoms in total. The van der Waals surface area contributed by atoms with Crippen molar-refractivity contribution in [2.24, 2.45) is 0 Å². The maximum absolute atomic E-state index is 12.6. The molecule has 3 aromatic rings. The number of rotatable bonds is 9. The van der Waals surface area contributed by atoms with Crippen molar-refractivity contribution in [2.45, 2.75) is 23.8 Å². The maximum atomic E-state index is 12.6. The van der Waals surface area contributed by atoms with Gasteiger partial charge in [-0.2, -0.15) is 0 Å². The summed E-state index contributed by atoms with van der Waals surface area (Å²) in [5.41, 5.74) is 5.44. The number of aromatic hydroxyl groups is 1. The summed E-state index contributed by atoms with van der Waals surface area (Å²) in [6.07, 6.45) is 1.63. The van der Waals surface area contributed by atoms with Crippen LogP contribution in [0.3, 0.4) is 0 Å². The Morgan fingerprint density at radius 1 is 0.944 bits per heavy atom. The number of hydrogen-bond acceptors (Lipinski definition) is 5. The molecule has 0 unspecified atom stereocenters. The lowest BCUT2D eigenvalue weighted by molar-refractivity contribution is 0.192. The van der Waals surface area contributed by atoms with Gasteiger partial charge in [-0.15, -0.1) is 11.8 Å². The Balaban J connectivity index is 1.43. The van der Waals surface area contributed by atoms with Crippen LogP contribution in [-0.4, -0.2) is 55.0 Å². The van der Waals surface area contributed by atoms with E-state index in [1.165, 1.54) is 0 Å². The number of likely N-dealkylation sites (tertiary alicyclic amines) is 1. The van der Waals surface area contributed by atoms with Crippen molar-refractivity contribution in [3.05, 3.63) is 83.4 Å². The highest BCUT2D eigenvalue weighted by atomic mass is 32.2. The molecule has 0 aliphatic carbocycles. The second-order valence-electron chi connectivity index (χ2n) is 9.00. The quantitative estimate of drug-likeness (QED) is 0.353. The number of ether oxygens (including phenoxy) is 2. The molecular formula is C29H29F2NO3S. The largest absolute Gasteiger partial charge is 0.508 e. The van der Waals surface area contributed by atoms with Crippen molar-refractivity contribution >= 4 is 22.9 Å². The Kier molecular flexibility index (Phi) is 7.78. The number of benzene rings is 3. The fraction of sp³-hybridized carbons (Fsp3) is 0.310. The van der Waals surface area contributed by atoms with Gasteiger partial charge in [0.15, 0.2) is 0 Å². The molecule has 2 heterocycles. The van der Waals surface area contributed by atoms with Gasteiger partial charge in [-0.25, -0.2) is 4.39 Å². The molecular weight excluding hydrogens is 480 g/mol. The van der Waals surface area contributed by atoms with E-state index in [-0.39, 0.29) is 18.5 Å². The highest BCUT2D eigenvalue weighted by Gasteiger charge is 2.25. The predicted octanol–water partition coefficient (Wildman–Crippen LogP) is 6.58. The highest BCUT2D eigenvalue weighted by Crippen LogP contribution is 2.45. The van der Waals surface area contributed by atoms with E-state index in [1.54, 1.807) is 36.0 Å². The van der Waals surface area contributed by atoms with Gasteiger partial charge in [0.05, 0.1) is 6.67 Å². The molecule has 0 amide bonds. The van der Waals surface area contributed by atoms with Crippen molar-refractivity contribution in [1.29, 1.82) is 0 Å². The summed E-state index contributed by atoms with van der Waals surface area (Å²) < 4.78 is 36.2. The molecule has 7 heteroatoms. The third-order valence-electron chi connectivity index (χ3n) is 6.62. The molecule has 0 aromatic heterocycles. The molecule has 2 aliphatic rings. The zero-order valence-corrected chi connectivity index (χ0v) is 20.8. The van der Waals surface area contributed by atoms with Gasteiger partial charge >= 0.3 is 0 Å². The van der Waals surface area contributed by atoms with Gasteiger partial charge < -0.3 is 14.6 Å². The minimum atomic E-state index is -0.856. The van der Waals surface area contributed by atoms with Crippen molar-refractivity contribution in [3.63, 3.8) is 0 Å². The molecule has 36 heavy (non-hydrogen) atoms. The summed E-state index contributed by atoms with van der Waals surface area (Å²) in [4.78, 5) is 3.29. The monoisotopic (exact) mass is 509 g/mol. The van der Waals surface area contributed by atoms with E-state index in [0.29, 0.717) is 12.2 Å². The number of alkyl halides is 2. The molecule has 0 saturated carbocycles. The van der Waals surface area contributed by atoms with Gasteiger partial charge in [0.2, 0.25) is 6.86 Å². The second-order valence-corrected chi connectivity index (χ2v) is 10.0. The maximum Gasteiger partial charge on any atom is 0.228 e. The number of fused-ring (bicyclic) bond motifs is 1. The summed E-state index contributed by atoms with van der Waals surface area (Å²) >= 11 is 1.69. The average molecular weight is 510 g/mol. The van der Waals surface area contributed by atoms with Crippen LogP contribution in [0.5, 0.6) is 17.2 Å². The average Bonchev–Trinajstić information content (AvgIpc) is 3.35. The molecule has 1 atom stereocenters. The standard InChI is InChI=1S/C29H29F2NO3S/c30-13-1-14-32-15-12-25(17-32)35-24-9-4-21(5-10-24)29-26-11-6-22(33)16-28(26)36-18-27(29)20-2-7-23(8-3-20)34-19-31/h2-11,16,25,33H,1,12-15,17-19H2/t25-/m0/s1. The van der Waals surface area contributed by atoms with E-state index in [2.05, 4.69) is 17.0 Å². The molecule has 0 spiro atoms. The third-order valence-corrected chi connectivity index (χ3v) is 7.70. The molecule has 0 bridgehead atoms. The van der Waals surface area contributed by atoms with Crippen LogP contribution < -0.4 is 9.47 Å². The fourth-order valence-corrected chi connectivity index (χ4v) is 6.01. The lowest BCUT2D eigenvalue weighted by atomic mass is 9.89. The molecule has 3 aromatic carbocycles. The van der Waals surface area contributed by atoms with Crippen molar-refractivity contribution in [2.75, 3.05) is 38.9 Å². The van der Waals surface area contributed by atoms with Crippen LogP contribution in [0.25, 0.3) is 11.1 Å². The van der Waals surface area contributed by atoms with Crippen molar-refractivity contribution in [1.82, 2.24) is 4.90 Å². The minimum absolute atomic E-state index is 0.116. The molecule has 1 fully saturated rings. The summed E-state index contributed by atoms with van der Waals surface area (Å²) in [6, 6.07) is 21.1. The first kappa shape index (κ1) is 24.7. The number of nitrogens with zero attached hydrogens (tertiary/aromatic N) is 1. The molecule has 1 N–H and O–H groups in total. The number of halogens is 2. The van der Waals surface area contributed by atoms with Gasteiger partial charge in [0.25, 0.3) is 0 Å². The van der Waals surface area contributed by atoms with Crippen LogP contribution in [0.2, 0.25) is 0 Å². The fourth-order valence-electron chi connectivity index (χ4n) is 4.87. The Hall–Kier alpha value is -3.03. The van der Waals surface area contributed by atoms with E-state index >= 15 is 0 Å². The van der Waals surface area contributed by atoms with Crippen LogP contribution in [0.15, 0.2) is 71.6 Å². The van der Waals surface area contributed by atoms with E-state index < -0.39 is 6.86 Å². The van der Waals surface area contributed by atoms with E-state index in [9.17, 15) is 13.9 Å². The molecule has 2 aliphatic heterocycles. The topological polar surface area (TPSA) is 41.9 Å². The van der Waals surface area contributed by atoms with Gasteiger partial charge in [-0.3, -0.25) is 9.29 Å². The van der Waals surface area contributed by atoms with Crippen molar-refractivity contribution < 1.29 is 23.4 Å². The van der Waals surface area contributed by atoms with Crippen LogP contribution in [0.1, 0.15) is 29.5 Å². The molecule has 5 rings (SSSR count). The second kappa shape index (κ2) is 11.4. The summed E-state index contributed by atoms with van der Waals surface area (Å²) in [5, 5.41) is 10.0. The predicted molar refractivity (Wildman–Crippen MR) is 140 cm³/mol. The number of hydrogen-bond donors (Lipinski definition) is 1. The van der Waals surface area contributed by atoms with E-state index in [0.717, 1.165) is 70.3 Å². The Labute approximate surface area is 214 Å².